The molecule has 0 aliphatic heterocycles. The fourth-order valence-electron chi connectivity index (χ4n) is 2.78. The third-order valence-corrected chi connectivity index (χ3v) is 4.09. The van der Waals surface area contributed by atoms with Crippen LogP contribution < -0.4 is 5.56 Å². The lowest BCUT2D eigenvalue weighted by atomic mass is 10.1. The molecule has 0 radical (unpaired) electrons. The first kappa shape index (κ1) is 16.9. The molecule has 0 spiro atoms. The lowest BCUT2D eigenvalue weighted by Crippen LogP contribution is -2.20. The fraction of sp³-hybridized carbons (Fsp3) is 0.333. The summed E-state index contributed by atoms with van der Waals surface area (Å²) in [5, 5.41) is 13.4. The fourth-order valence-corrected chi connectivity index (χ4v) is 2.78. The Morgan fingerprint density at radius 1 is 1.08 bits per heavy atom. The number of unbranched alkanes of at least 4 members (excludes halogenated alkanes) is 3. The van der Waals surface area contributed by atoms with E-state index < -0.39 is 5.97 Å². The Balaban J connectivity index is 1.69. The molecule has 3 rings (SSSR count). The molecule has 130 valence electrons. The van der Waals surface area contributed by atoms with Crippen LogP contribution in [0, 0.1) is 0 Å². The molecule has 0 atom stereocenters. The molecule has 0 aliphatic carbocycles. The molecule has 1 N–H and O–H groups in total. The van der Waals surface area contributed by atoms with Gasteiger partial charge in [0.15, 0.2) is 5.65 Å². The minimum atomic E-state index is -0.763. The predicted octanol–water partition coefficient (Wildman–Crippen LogP) is 2.62. The minimum absolute atomic E-state index is 0.0993. The average Bonchev–Trinajstić information content (AvgIpc) is 3.05. The van der Waals surface area contributed by atoms with Crippen LogP contribution in [0.15, 0.2) is 47.7 Å². The van der Waals surface area contributed by atoms with Gasteiger partial charge in [-0.1, -0.05) is 31.0 Å². The van der Waals surface area contributed by atoms with E-state index in [1.165, 1.54) is 0 Å². The van der Waals surface area contributed by atoms with E-state index >= 15 is 0 Å². The van der Waals surface area contributed by atoms with E-state index in [0.717, 1.165) is 24.9 Å². The van der Waals surface area contributed by atoms with Gasteiger partial charge < -0.3 is 5.11 Å². The van der Waals surface area contributed by atoms with E-state index in [-0.39, 0.29) is 12.0 Å². The first-order valence-corrected chi connectivity index (χ1v) is 8.37. The van der Waals surface area contributed by atoms with Gasteiger partial charge in [0.1, 0.15) is 5.39 Å². The topological polar surface area (TPSA) is 90.0 Å². The van der Waals surface area contributed by atoms with Crippen molar-refractivity contribution in [3.63, 3.8) is 0 Å². The molecule has 7 heteroatoms. The van der Waals surface area contributed by atoms with Gasteiger partial charge in [-0.2, -0.15) is 5.10 Å². The van der Waals surface area contributed by atoms with Crippen LogP contribution in [0.5, 0.6) is 0 Å². The van der Waals surface area contributed by atoms with Crippen LogP contribution in [0.3, 0.4) is 0 Å². The Bertz CT molecular complexity index is 915. The predicted molar refractivity (Wildman–Crippen MR) is 93.8 cm³/mol. The van der Waals surface area contributed by atoms with Crippen molar-refractivity contribution in [1.29, 1.82) is 0 Å². The van der Waals surface area contributed by atoms with E-state index in [1.807, 2.05) is 30.3 Å². The number of hydrogen-bond donors (Lipinski definition) is 1. The summed E-state index contributed by atoms with van der Waals surface area (Å²) in [6, 6.07) is 9.57. The Morgan fingerprint density at radius 2 is 1.84 bits per heavy atom. The summed E-state index contributed by atoms with van der Waals surface area (Å²) in [5.41, 5.74) is 1.31. The summed E-state index contributed by atoms with van der Waals surface area (Å²) in [7, 11) is 0. The lowest BCUT2D eigenvalue weighted by Gasteiger charge is -2.06. The molecule has 2 aromatic heterocycles. The summed E-state index contributed by atoms with van der Waals surface area (Å²) in [6.45, 7) is 0.575. The van der Waals surface area contributed by atoms with Gasteiger partial charge >= 0.3 is 5.97 Å². The highest BCUT2D eigenvalue weighted by molar-refractivity contribution is 5.74. The number of rotatable bonds is 8. The molecule has 0 saturated carbocycles. The largest absolute Gasteiger partial charge is 0.481 e. The van der Waals surface area contributed by atoms with Gasteiger partial charge in [-0.3, -0.25) is 14.2 Å². The molecule has 0 unspecified atom stereocenters. The molecule has 0 bridgehead atoms. The van der Waals surface area contributed by atoms with Gasteiger partial charge in [-0.05, 0) is 25.0 Å². The van der Waals surface area contributed by atoms with Crippen molar-refractivity contribution in [3.8, 4) is 5.69 Å². The van der Waals surface area contributed by atoms with Crippen LogP contribution in [-0.4, -0.2) is 30.4 Å². The van der Waals surface area contributed by atoms with Crippen molar-refractivity contribution >= 4 is 17.0 Å². The van der Waals surface area contributed by atoms with Crippen LogP contribution in [-0.2, 0) is 11.3 Å². The number of para-hydroxylation sites is 1. The highest BCUT2D eigenvalue weighted by Crippen LogP contribution is 2.13. The summed E-state index contributed by atoms with van der Waals surface area (Å²) < 4.78 is 3.25. The number of carbonyl (C=O) groups is 1. The number of carboxylic acids is 1. The molecule has 0 saturated heterocycles. The number of aliphatic carboxylic acids is 1. The van der Waals surface area contributed by atoms with E-state index in [1.54, 1.807) is 21.8 Å². The second kappa shape index (κ2) is 7.74. The average molecular weight is 340 g/mol. The number of aryl methyl sites for hydroxylation is 1. The molecular formula is C18H20N4O3. The van der Waals surface area contributed by atoms with Gasteiger partial charge in [0.2, 0.25) is 0 Å². The van der Waals surface area contributed by atoms with Gasteiger partial charge in [0, 0.05) is 13.0 Å². The van der Waals surface area contributed by atoms with E-state index in [0.29, 0.717) is 24.0 Å². The molecule has 7 nitrogen and oxygen atoms in total. The summed E-state index contributed by atoms with van der Waals surface area (Å²) >= 11 is 0. The van der Waals surface area contributed by atoms with Gasteiger partial charge in [0.05, 0.1) is 18.2 Å². The van der Waals surface area contributed by atoms with Gasteiger partial charge in [-0.15, -0.1) is 0 Å². The molecular weight excluding hydrogens is 320 g/mol. The molecule has 1 aromatic carbocycles. The zero-order chi connectivity index (χ0) is 17.6. The van der Waals surface area contributed by atoms with Crippen molar-refractivity contribution in [1.82, 2.24) is 19.3 Å². The number of hydrogen-bond acceptors (Lipinski definition) is 4. The second-order valence-electron chi connectivity index (χ2n) is 5.93. The zero-order valence-corrected chi connectivity index (χ0v) is 13.8. The quantitative estimate of drug-likeness (QED) is 0.637. The molecule has 0 aliphatic rings. The molecule has 0 fully saturated rings. The lowest BCUT2D eigenvalue weighted by molar-refractivity contribution is -0.137. The van der Waals surface area contributed by atoms with E-state index in [2.05, 4.69) is 10.1 Å². The highest BCUT2D eigenvalue weighted by atomic mass is 16.4. The maximum Gasteiger partial charge on any atom is 0.303 e. The van der Waals surface area contributed by atoms with Crippen LogP contribution in [0.2, 0.25) is 0 Å². The maximum atomic E-state index is 12.6. The van der Waals surface area contributed by atoms with E-state index in [9.17, 15) is 9.59 Å². The third-order valence-electron chi connectivity index (χ3n) is 4.09. The van der Waals surface area contributed by atoms with Gasteiger partial charge in [0.25, 0.3) is 5.56 Å². The normalized spacial score (nSPS) is 11.0. The molecule has 25 heavy (non-hydrogen) atoms. The first-order chi connectivity index (χ1) is 12.2. The number of carboxylic acid groups (broad SMARTS) is 1. The number of aromatic nitrogens is 4. The van der Waals surface area contributed by atoms with Crippen molar-refractivity contribution in [2.24, 2.45) is 0 Å². The first-order valence-electron chi connectivity index (χ1n) is 8.37. The number of benzene rings is 1. The van der Waals surface area contributed by atoms with Crippen LogP contribution in [0.4, 0.5) is 0 Å². The molecule has 2 heterocycles. The number of fused-ring (bicyclic) bond motifs is 1. The van der Waals surface area contributed by atoms with Crippen LogP contribution in [0.25, 0.3) is 16.7 Å². The minimum Gasteiger partial charge on any atom is -0.481 e. The Kier molecular flexibility index (Phi) is 5.23. The van der Waals surface area contributed by atoms with Crippen molar-refractivity contribution in [2.75, 3.05) is 0 Å². The second-order valence-corrected chi connectivity index (χ2v) is 5.93. The Morgan fingerprint density at radius 3 is 2.60 bits per heavy atom. The van der Waals surface area contributed by atoms with Crippen molar-refractivity contribution in [3.05, 3.63) is 53.2 Å². The Labute approximate surface area is 144 Å². The summed E-state index contributed by atoms with van der Waals surface area (Å²) in [6.07, 6.45) is 6.55. The molecule has 3 aromatic rings. The number of nitrogens with zero attached hydrogens (tertiary/aromatic N) is 4. The maximum absolute atomic E-state index is 12.6. The van der Waals surface area contributed by atoms with Gasteiger partial charge in [-0.25, -0.2) is 9.67 Å². The zero-order valence-electron chi connectivity index (χ0n) is 13.8. The summed E-state index contributed by atoms with van der Waals surface area (Å²) in [5.74, 6) is -0.763. The highest BCUT2D eigenvalue weighted by Gasteiger charge is 2.11. The van der Waals surface area contributed by atoms with Crippen LogP contribution >= 0.6 is 0 Å². The molecule has 0 amide bonds. The Hall–Kier alpha value is -2.96. The standard InChI is InChI=1S/C18H20N4O3/c23-16(24)10-6-1-2-7-11-21-13-19-17-15(18(21)25)12-20-22(17)14-8-4-3-5-9-14/h3-5,8-9,12-13H,1-2,6-7,10-11H2,(H,23,24). The van der Waals surface area contributed by atoms with Crippen molar-refractivity contribution < 1.29 is 9.90 Å². The van der Waals surface area contributed by atoms with Crippen LogP contribution in [0.1, 0.15) is 32.1 Å². The SMILES string of the molecule is O=C(O)CCCCCCn1cnc2c(cnn2-c2ccccc2)c1=O. The van der Waals surface area contributed by atoms with Crippen molar-refractivity contribution in [2.45, 2.75) is 38.6 Å². The monoisotopic (exact) mass is 340 g/mol. The summed E-state index contributed by atoms with van der Waals surface area (Å²) in [4.78, 5) is 27.4. The van der Waals surface area contributed by atoms with E-state index in [4.69, 9.17) is 5.11 Å². The third kappa shape index (κ3) is 3.93. The smallest absolute Gasteiger partial charge is 0.303 e.